The quantitative estimate of drug-likeness (QED) is 0.791. The number of aromatic nitrogens is 2. The summed E-state index contributed by atoms with van der Waals surface area (Å²) >= 11 is 1.61. The molecule has 0 radical (unpaired) electrons. The zero-order chi connectivity index (χ0) is 17.8. The van der Waals surface area contributed by atoms with Gasteiger partial charge in [0.1, 0.15) is 11.9 Å². The molecule has 2 heterocycles. The van der Waals surface area contributed by atoms with Gasteiger partial charge in [0.25, 0.3) is 0 Å². The van der Waals surface area contributed by atoms with E-state index in [1.54, 1.807) is 18.0 Å². The Hall–Kier alpha value is -1.50. The molecule has 2 aromatic rings. The number of hydrogen-bond acceptors (Lipinski definition) is 4. The van der Waals surface area contributed by atoms with Gasteiger partial charge in [-0.25, -0.2) is 4.98 Å². The van der Waals surface area contributed by atoms with Crippen LogP contribution in [0.25, 0.3) is 0 Å². The minimum atomic E-state index is 0. The van der Waals surface area contributed by atoms with E-state index in [4.69, 9.17) is 0 Å². The molecular weight excluding hydrogens is 368 g/mol. The predicted molar refractivity (Wildman–Crippen MR) is 109 cm³/mol. The van der Waals surface area contributed by atoms with Gasteiger partial charge in [-0.05, 0) is 23.6 Å². The lowest BCUT2D eigenvalue weighted by Gasteiger charge is -2.35. The minimum absolute atomic E-state index is 0. The molecule has 1 aromatic carbocycles. The van der Waals surface area contributed by atoms with Gasteiger partial charge in [-0.1, -0.05) is 26.0 Å². The molecule has 0 spiro atoms. The highest BCUT2D eigenvalue weighted by Crippen LogP contribution is 2.25. The molecule has 1 amide bonds. The number of thioether (sulfide) groups is 1. The zero-order valence-corrected chi connectivity index (χ0v) is 17.1. The molecule has 0 saturated carbocycles. The monoisotopic (exact) mass is 394 g/mol. The third-order valence-corrected chi connectivity index (χ3v) is 5.63. The first-order valence-electron chi connectivity index (χ1n) is 8.76. The summed E-state index contributed by atoms with van der Waals surface area (Å²) in [5.74, 6) is 2.10. The first-order valence-corrected chi connectivity index (χ1v) is 9.75. The van der Waals surface area contributed by atoms with Gasteiger partial charge in [-0.2, -0.15) is 0 Å². The lowest BCUT2D eigenvalue weighted by molar-refractivity contribution is -0.131. The molecule has 1 N–H and O–H groups in total. The Kier molecular flexibility index (Phi) is 7.55. The van der Waals surface area contributed by atoms with Crippen LogP contribution in [0.4, 0.5) is 0 Å². The number of benzene rings is 1. The van der Waals surface area contributed by atoms with Crippen LogP contribution in [-0.4, -0.2) is 45.7 Å². The number of carbonyl (C=O) groups is 1. The van der Waals surface area contributed by atoms with Gasteiger partial charge in [0.05, 0.1) is 5.75 Å². The van der Waals surface area contributed by atoms with E-state index in [0.717, 1.165) is 30.4 Å². The molecule has 5 nitrogen and oxygen atoms in total. The lowest BCUT2D eigenvalue weighted by Crippen LogP contribution is -2.50. The number of aryl methyl sites for hydroxylation is 1. The van der Waals surface area contributed by atoms with Crippen molar-refractivity contribution in [2.24, 2.45) is 7.05 Å². The molecule has 1 fully saturated rings. The summed E-state index contributed by atoms with van der Waals surface area (Å²) in [6.45, 7) is 6.69. The smallest absolute Gasteiger partial charge is 0.233 e. The molecule has 142 valence electrons. The number of halogens is 1. The number of hydrogen-bond donors (Lipinski definition) is 1. The van der Waals surface area contributed by atoms with Gasteiger partial charge in [-0.3, -0.25) is 4.79 Å². The second-order valence-corrected chi connectivity index (χ2v) is 7.76. The zero-order valence-electron chi connectivity index (χ0n) is 15.5. The van der Waals surface area contributed by atoms with E-state index in [-0.39, 0.29) is 24.4 Å². The molecule has 1 unspecified atom stereocenters. The van der Waals surface area contributed by atoms with Crippen LogP contribution in [0.5, 0.6) is 0 Å². The molecule has 1 aliphatic rings. The van der Waals surface area contributed by atoms with Crippen LogP contribution in [-0.2, 0) is 11.8 Å². The Labute approximate surface area is 166 Å². The molecule has 26 heavy (non-hydrogen) atoms. The number of nitrogens with one attached hydrogen (secondary N) is 1. The molecule has 3 rings (SSSR count). The van der Waals surface area contributed by atoms with Crippen molar-refractivity contribution in [1.29, 1.82) is 0 Å². The van der Waals surface area contributed by atoms with Crippen LogP contribution in [0.3, 0.4) is 0 Å². The van der Waals surface area contributed by atoms with Gasteiger partial charge in [-0.15, -0.1) is 24.2 Å². The highest BCUT2D eigenvalue weighted by Gasteiger charge is 2.30. The van der Waals surface area contributed by atoms with Crippen molar-refractivity contribution >= 4 is 30.1 Å². The average molecular weight is 395 g/mol. The van der Waals surface area contributed by atoms with Crippen molar-refractivity contribution in [3.8, 4) is 0 Å². The van der Waals surface area contributed by atoms with Gasteiger partial charge < -0.3 is 14.8 Å². The van der Waals surface area contributed by atoms with Crippen molar-refractivity contribution in [1.82, 2.24) is 19.8 Å². The summed E-state index contributed by atoms with van der Waals surface area (Å²) < 4.78 is 2.00. The van der Waals surface area contributed by atoms with Crippen LogP contribution >= 0.6 is 24.2 Å². The van der Waals surface area contributed by atoms with Gasteiger partial charge in [0.2, 0.25) is 5.91 Å². The van der Waals surface area contributed by atoms with Crippen LogP contribution < -0.4 is 5.32 Å². The van der Waals surface area contributed by atoms with Crippen molar-refractivity contribution in [3.63, 3.8) is 0 Å². The number of piperazine rings is 1. The largest absolute Gasteiger partial charge is 0.336 e. The Morgan fingerprint density at radius 2 is 2.08 bits per heavy atom. The first-order chi connectivity index (χ1) is 12.1. The fourth-order valence-corrected chi connectivity index (χ4v) is 3.89. The van der Waals surface area contributed by atoms with Crippen LogP contribution in [0.15, 0.2) is 41.6 Å². The number of nitrogens with zero attached hydrogens (tertiary/aromatic N) is 3. The maximum absolute atomic E-state index is 12.8. The SMILES string of the molecule is CC(C)c1ccc(SCC(=O)N2CCNCC2c2nccn2C)cc1.Cl. The molecule has 0 bridgehead atoms. The normalized spacial score (nSPS) is 17.2. The van der Waals surface area contributed by atoms with Crippen molar-refractivity contribution < 1.29 is 4.79 Å². The molecule has 7 heteroatoms. The van der Waals surface area contributed by atoms with Crippen molar-refractivity contribution in [3.05, 3.63) is 48.0 Å². The van der Waals surface area contributed by atoms with Gasteiger partial charge >= 0.3 is 0 Å². The number of amides is 1. The topological polar surface area (TPSA) is 50.2 Å². The predicted octanol–water partition coefficient (Wildman–Crippen LogP) is 3.23. The average Bonchev–Trinajstić information content (AvgIpc) is 3.06. The van der Waals surface area contributed by atoms with E-state index in [9.17, 15) is 4.79 Å². The second-order valence-electron chi connectivity index (χ2n) is 6.72. The summed E-state index contributed by atoms with van der Waals surface area (Å²) in [5, 5.41) is 3.37. The number of rotatable bonds is 5. The first kappa shape index (κ1) is 20.8. The molecular formula is C19H27ClN4OS. The maximum Gasteiger partial charge on any atom is 0.233 e. The summed E-state index contributed by atoms with van der Waals surface area (Å²) in [4.78, 5) is 20.3. The Morgan fingerprint density at radius 3 is 2.69 bits per heavy atom. The number of carbonyl (C=O) groups excluding carboxylic acids is 1. The van der Waals surface area contributed by atoms with Crippen LogP contribution in [0.2, 0.25) is 0 Å². The Bertz CT molecular complexity index is 717. The Balaban J connectivity index is 0.00000243. The summed E-state index contributed by atoms with van der Waals surface area (Å²) in [6.07, 6.45) is 3.72. The summed E-state index contributed by atoms with van der Waals surface area (Å²) in [7, 11) is 1.98. The van der Waals surface area contributed by atoms with E-state index in [2.05, 4.69) is 48.4 Å². The third-order valence-electron chi connectivity index (χ3n) is 4.63. The molecule has 1 aliphatic heterocycles. The van der Waals surface area contributed by atoms with Crippen molar-refractivity contribution in [2.75, 3.05) is 25.4 Å². The van der Waals surface area contributed by atoms with Gasteiger partial charge in [0, 0.05) is 44.0 Å². The van der Waals surface area contributed by atoms with Crippen molar-refractivity contribution in [2.45, 2.75) is 30.7 Å². The highest BCUT2D eigenvalue weighted by molar-refractivity contribution is 8.00. The standard InChI is InChI=1S/C19H26N4OS.ClH/c1-14(2)15-4-6-16(7-5-15)25-13-18(24)23-11-8-20-12-17(23)19-21-9-10-22(19)3;/h4-7,9-10,14,17,20H,8,11-13H2,1-3H3;1H. The van der Waals surface area contributed by atoms with E-state index in [1.807, 2.05) is 22.7 Å². The van der Waals surface area contributed by atoms with E-state index >= 15 is 0 Å². The molecule has 1 atom stereocenters. The molecule has 0 aliphatic carbocycles. The minimum Gasteiger partial charge on any atom is -0.336 e. The lowest BCUT2D eigenvalue weighted by atomic mass is 10.0. The molecule has 1 aromatic heterocycles. The van der Waals surface area contributed by atoms with E-state index in [1.165, 1.54) is 5.56 Å². The second kappa shape index (κ2) is 9.44. The van der Waals surface area contributed by atoms with E-state index < -0.39 is 0 Å². The highest BCUT2D eigenvalue weighted by atomic mass is 35.5. The van der Waals surface area contributed by atoms with Gasteiger partial charge in [0.15, 0.2) is 0 Å². The van der Waals surface area contributed by atoms with E-state index in [0.29, 0.717) is 11.7 Å². The summed E-state index contributed by atoms with van der Waals surface area (Å²) in [5.41, 5.74) is 1.33. The molecule has 1 saturated heterocycles. The summed E-state index contributed by atoms with van der Waals surface area (Å²) in [6, 6.07) is 8.53. The third kappa shape index (κ3) is 4.81. The fraction of sp³-hybridized carbons (Fsp3) is 0.474. The van der Waals surface area contributed by atoms with Crippen LogP contribution in [0.1, 0.15) is 37.2 Å². The van der Waals surface area contributed by atoms with Crippen LogP contribution in [0, 0.1) is 0 Å². The number of imidazole rings is 1. The fourth-order valence-electron chi connectivity index (χ4n) is 3.11. The Morgan fingerprint density at radius 1 is 1.35 bits per heavy atom. The maximum atomic E-state index is 12.8.